The van der Waals surface area contributed by atoms with E-state index in [9.17, 15) is 0 Å². The molecule has 0 aliphatic carbocycles. The third kappa shape index (κ3) is 5.98. The molecule has 0 heterocycles. The zero-order valence-corrected chi connectivity index (χ0v) is 13.3. The van der Waals surface area contributed by atoms with Crippen LogP contribution in [0.4, 0.5) is 0 Å². The summed E-state index contributed by atoms with van der Waals surface area (Å²) in [6.07, 6.45) is 3.63. The number of hydrogen-bond donors (Lipinski definition) is 1. The van der Waals surface area contributed by atoms with Crippen molar-refractivity contribution in [3.63, 3.8) is 0 Å². The van der Waals surface area contributed by atoms with E-state index in [1.165, 1.54) is 24.9 Å². The van der Waals surface area contributed by atoms with Crippen LogP contribution < -0.4 is 5.32 Å². The van der Waals surface area contributed by atoms with E-state index in [2.05, 4.69) is 71.4 Å². The van der Waals surface area contributed by atoms with Gasteiger partial charge in [0, 0.05) is 10.5 Å². The van der Waals surface area contributed by atoms with Gasteiger partial charge in [-0.05, 0) is 64.1 Å². The highest BCUT2D eigenvalue weighted by molar-refractivity contribution is 9.10. The summed E-state index contributed by atoms with van der Waals surface area (Å²) in [5.41, 5.74) is 1.37. The molecule has 1 rings (SSSR count). The van der Waals surface area contributed by atoms with Gasteiger partial charge in [-0.25, -0.2) is 0 Å². The van der Waals surface area contributed by atoms with Crippen molar-refractivity contribution in [2.45, 2.75) is 32.2 Å². The Balaban J connectivity index is 2.34. The van der Waals surface area contributed by atoms with Crippen LogP contribution in [0.1, 0.15) is 37.8 Å². The van der Waals surface area contributed by atoms with E-state index in [4.69, 9.17) is 0 Å². The van der Waals surface area contributed by atoms with E-state index in [0.29, 0.717) is 6.04 Å². The maximum absolute atomic E-state index is 3.65. The van der Waals surface area contributed by atoms with Gasteiger partial charge in [0.05, 0.1) is 0 Å². The van der Waals surface area contributed by atoms with Gasteiger partial charge in [-0.3, -0.25) is 0 Å². The Morgan fingerprint density at radius 3 is 2.67 bits per heavy atom. The lowest BCUT2D eigenvalue weighted by molar-refractivity contribution is 0.387. The van der Waals surface area contributed by atoms with Gasteiger partial charge in [-0.1, -0.05) is 35.0 Å². The molecule has 2 nitrogen and oxygen atoms in total. The second-order valence-corrected chi connectivity index (χ2v) is 5.90. The van der Waals surface area contributed by atoms with E-state index in [1.54, 1.807) is 0 Å². The molecule has 0 fully saturated rings. The first-order chi connectivity index (χ1) is 8.63. The van der Waals surface area contributed by atoms with E-state index >= 15 is 0 Å². The molecule has 0 radical (unpaired) electrons. The SMILES string of the molecule is CCC(NCCCCN(C)C)c1cccc(Br)c1. The number of rotatable bonds is 8. The molecule has 0 spiro atoms. The summed E-state index contributed by atoms with van der Waals surface area (Å²) < 4.78 is 1.16. The number of halogens is 1. The molecule has 1 aromatic rings. The predicted octanol–water partition coefficient (Wildman–Crippen LogP) is 3.83. The quantitative estimate of drug-likeness (QED) is 0.734. The Bertz CT molecular complexity index is 339. The fourth-order valence-electron chi connectivity index (χ4n) is 2.05. The molecule has 0 bridgehead atoms. The summed E-state index contributed by atoms with van der Waals surface area (Å²) in [6, 6.07) is 9.07. The molecule has 0 aliphatic rings. The molecule has 0 saturated heterocycles. The highest BCUT2D eigenvalue weighted by Crippen LogP contribution is 2.20. The molecule has 18 heavy (non-hydrogen) atoms. The maximum atomic E-state index is 3.65. The molecule has 1 N–H and O–H groups in total. The van der Waals surface area contributed by atoms with E-state index < -0.39 is 0 Å². The van der Waals surface area contributed by atoms with Crippen LogP contribution in [0.3, 0.4) is 0 Å². The fraction of sp³-hybridized carbons (Fsp3) is 0.600. The van der Waals surface area contributed by atoms with Gasteiger partial charge in [0.15, 0.2) is 0 Å². The van der Waals surface area contributed by atoms with Crippen molar-refractivity contribution in [2.75, 3.05) is 27.2 Å². The second-order valence-electron chi connectivity index (χ2n) is 4.98. The maximum Gasteiger partial charge on any atom is 0.0318 e. The normalized spacial score (nSPS) is 12.9. The van der Waals surface area contributed by atoms with Crippen molar-refractivity contribution >= 4 is 15.9 Å². The minimum Gasteiger partial charge on any atom is -0.310 e. The van der Waals surface area contributed by atoms with Crippen LogP contribution in [0.5, 0.6) is 0 Å². The summed E-state index contributed by atoms with van der Waals surface area (Å²) in [4.78, 5) is 2.24. The molecule has 0 aromatic heterocycles. The summed E-state index contributed by atoms with van der Waals surface area (Å²) >= 11 is 3.54. The third-order valence-corrected chi connectivity index (χ3v) is 3.58. The number of hydrogen-bond acceptors (Lipinski definition) is 2. The minimum absolute atomic E-state index is 0.474. The van der Waals surface area contributed by atoms with Crippen LogP contribution in [0.15, 0.2) is 28.7 Å². The van der Waals surface area contributed by atoms with Crippen molar-refractivity contribution < 1.29 is 0 Å². The summed E-state index contributed by atoms with van der Waals surface area (Å²) in [6.45, 7) is 4.51. The first-order valence-electron chi connectivity index (χ1n) is 6.77. The monoisotopic (exact) mass is 312 g/mol. The van der Waals surface area contributed by atoms with Crippen molar-refractivity contribution in [2.24, 2.45) is 0 Å². The third-order valence-electron chi connectivity index (χ3n) is 3.08. The van der Waals surface area contributed by atoms with Crippen LogP contribution in [-0.2, 0) is 0 Å². The molecule has 1 aromatic carbocycles. The summed E-state index contributed by atoms with van der Waals surface area (Å²) in [5.74, 6) is 0. The predicted molar refractivity (Wildman–Crippen MR) is 83.0 cm³/mol. The zero-order chi connectivity index (χ0) is 13.4. The lowest BCUT2D eigenvalue weighted by atomic mass is 10.0. The van der Waals surface area contributed by atoms with Gasteiger partial charge in [-0.2, -0.15) is 0 Å². The molecule has 0 amide bonds. The Morgan fingerprint density at radius 1 is 1.28 bits per heavy atom. The lowest BCUT2D eigenvalue weighted by Crippen LogP contribution is -2.23. The number of unbranched alkanes of at least 4 members (excludes halogenated alkanes) is 1. The van der Waals surface area contributed by atoms with E-state index in [1.807, 2.05) is 0 Å². The molecule has 1 atom stereocenters. The Hall–Kier alpha value is -0.380. The minimum atomic E-state index is 0.474. The number of nitrogens with zero attached hydrogens (tertiary/aromatic N) is 1. The van der Waals surface area contributed by atoms with E-state index in [-0.39, 0.29) is 0 Å². The molecule has 3 heteroatoms. The van der Waals surface area contributed by atoms with E-state index in [0.717, 1.165) is 17.4 Å². The van der Waals surface area contributed by atoms with Gasteiger partial charge >= 0.3 is 0 Å². The summed E-state index contributed by atoms with van der Waals surface area (Å²) in [5, 5.41) is 3.65. The smallest absolute Gasteiger partial charge is 0.0318 e. The topological polar surface area (TPSA) is 15.3 Å². The Kier molecular flexibility index (Phi) is 7.56. The largest absolute Gasteiger partial charge is 0.310 e. The molecular weight excluding hydrogens is 288 g/mol. The first-order valence-corrected chi connectivity index (χ1v) is 7.56. The van der Waals surface area contributed by atoms with Crippen molar-refractivity contribution in [3.05, 3.63) is 34.3 Å². The first kappa shape index (κ1) is 15.7. The zero-order valence-electron chi connectivity index (χ0n) is 11.7. The van der Waals surface area contributed by atoms with Gasteiger partial charge in [0.2, 0.25) is 0 Å². The molecule has 102 valence electrons. The number of benzene rings is 1. The van der Waals surface area contributed by atoms with Gasteiger partial charge in [-0.15, -0.1) is 0 Å². The van der Waals surface area contributed by atoms with Crippen LogP contribution >= 0.6 is 15.9 Å². The molecular formula is C15H25BrN2. The molecule has 1 unspecified atom stereocenters. The van der Waals surface area contributed by atoms with Crippen LogP contribution in [0.2, 0.25) is 0 Å². The van der Waals surface area contributed by atoms with Crippen LogP contribution in [0.25, 0.3) is 0 Å². The average Bonchev–Trinajstić information content (AvgIpc) is 2.33. The summed E-state index contributed by atoms with van der Waals surface area (Å²) in [7, 11) is 4.26. The van der Waals surface area contributed by atoms with Gasteiger partial charge < -0.3 is 10.2 Å². The van der Waals surface area contributed by atoms with Crippen molar-refractivity contribution in [1.82, 2.24) is 10.2 Å². The molecule has 0 saturated carbocycles. The average molecular weight is 313 g/mol. The fourth-order valence-corrected chi connectivity index (χ4v) is 2.47. The van der Waals surface area contributed by atoms with Crippen molar-refractivity contribution in [3.8, 4) is 0 Å². The van der Waals surface area contributed by atoms with Gasteiger partial charge in [0.1, 0.15) is 0 Å². The highest BCUT2D eigenvalue weighted by atomic mass is 79.9. The number of nitrogens with one attached hydrogen (secondary N) is 1. The highest BCUT2D eigenvalue weighted by Gasteiger charge is 2.08. The Morgan fingerprint density at radius 2 is 2.06 bits per heavy atom. The Labute approximate surface area is 120 Å². The molecule has 0 aliphatic heterocycles. The van der Waals surface area contributed by atoms with Crippen molar-refractivity contribution in [1.29, 1.82) is 0 Å². The van der Waals surface area contributed by atoms with Gasteiger partial charge in [0.25, 0.3) is 0 Å². The standard InChI is InChI=1S/C15H25BrN2/c1-4-15(13-8-7-9-14(16)12-13)17-10-5-6-11-18(2)3/h7-9,12,15,17H,4-6,10-11H2,1-3H3. The lowest BCUT2D eigenvalue weighted by Gasteiger charge is -2.18. The van der Waals surface area contributed by atoms with Crippen LogP contribution in [-0.4, -0.2) is 32.1 Å². The van der Waals surface area contributed by atoms with Crippen LogP contribution in [0, 0.1) is 0 Å². The second kappa shape index (κ2) is 8.68.